The van der Waals surface area contributed by atoms with Crippen molar-refractivity contribution in [2.75, 3.05) is 19.7 Å². The van der Waals surface area contributed by atoms with Crippen LogP contribution in [0.5, 0.6) is 5.75 Å². The number of nitrogens with zero attached hydrogens (tertiary/aromatic N) is 2. The quantitative estimate of drug-likeness (QED) is 0.900. The summed E-state index contributed by atoms with van der Waals surface area (Å²) in [7, 11) is 0. The first-order valence-corrected chi connectivity index (χ1v) is 6.69. The fraction of sp³-hybridized carbons (Fsp3) is 0.500. The highest BCUT2D eigenvalue weighted by molar-refractivity contribution is 5.76. The van der Waals surface area contributed by atoms with E-state index in [2.05, 4.69) is 14.9 Å². The second kappa shape index (κ2) is 4.98. The van der Waals surface area contributed by atoms with Crippen LogP contribution >= 0.6 is 0 Å². The van der Waals surface area contributed by atoms with E-state index < -0.39 is 0 Å². The third kappa shape index (κ3) is 2.34. The van der Waals surface area contributed by atoms with Crippen molar-refractivity contribution in [1.82, 2.24) is 14.9 Å². The fourth-order valence-electron chi connectivity index (χ4n) is 2.53. The average Bonchev–Trinajstić information content (AvgIpc) is 2.98. The number of benzene rings is 1. The number of rotatable bonds is 4. The maximum Gasteiger partial charge on any atom is 0.121 e. The zero-order valence-electron chi connectivity index (χ0n) is 10.8. The predicted molar refractivity (Wildman–Crippen MR) is 71.8 cm³/mol. The summed E-state index contributed by atoms with van der Waals surface area (Å²) < 4.78 is 5.50. The van der Waals surface area contributed by atoms with Crippen molar-refractivity contribution >= 4 is 11.0 Å². The normalized spacial score (nSPS) is 16.5. The molecule has 3 rings (SSSR count). The van der Waals surface area contributed by atoms with Gasteiger partial charge in [0, 0.05) is 6.07 Å². The minimum Gasteiger partial charge on any atom is -0.494 e. The monoisotopic (exact) mass is 245 g/mol. The molecule has 1 fully saturated rings. The van der Waals surface area contributed by atoms with Crippen LogP contribution in [-0.4, -0.2) is 34.6 Å². The van der Waals surface area contributed by atoms with Crippen LogP contribution in [0.15, 0.2) is 18.2 Å². The molecule has 0 saturated carbocycles. The van der Waals surface area contributed by atoms with E-state index in [0.717, 1.165) is 29.2 Å². The Hall–Kier alpha value is -1.55. The molecule has 0 aliphatic carbocycles. The number of aromatic amines is 1. The molecule has 1 aliphatic heterocycles. The van der Waals surface area contributed by atoms with Gasteiger partial charge in [0.15, 0.2) is 0 Å². The molecule has 1 aliphatic rings. The molecule has 18 heavy (non-hydrogen) atoms. The van der Waals surface area contributed by atoms with E-state index in [4.69, 9.17) is 4.74 Å². The number of H-pyrrole nitrogens is 1. The number of nitrogens with one attached hydrogen (secondary N) is 1. The van der Waals surface area contributed by atoms with Crippen LogP contribution in [-0.2, 0) is 6.54 Å². The van der Waals surface area contributed by atoms with Gasteiger partial charge < -0.3 is 9.72 Å². The van der Waals surface area contributed by atoms with Crippen LogP contribution in [0.4, 0.5) is 0 Å². The third-order valence-corrected chi connectivity index (χ3v) is 3.39. The molecule has 1 aromatic carbocycles. The number of fused-ring (bicyclic) bond motifs is 1. The molecule has 0 radical (unpaired) electrons. The zero-order chi connectivity index (χ0) is 12.4. The molecule has 0 bridgehead atoms. The molecule has 1 saturated heterocycles. The van der Waals surface area contributed by atoms with Gasteiger partial charge in [-0.15, -0.1) is 0 Å². The first-order valence-electron chi connectivity index (χ1n) is 6.69. The van der Waals surface area contributed by atoms with Gasteiger partial charge in [0.1, 0.15) is 11.6 Å². The highest BCUT2D eigenvalue weighted by atomic mass is 16.5. The Kier molecular flexibility index (Phi) is 3.19. The summed E-state index contributed by atoms with van der Waals surface area (Å²) in [5.74, 6) is 1.96. The third-order valence-electron chi connectivity index (χ3n) is 3.39. The summed E-state index contributed by atoms with van der Waals surface area (Å²) in [6, 6.07) is 6.02. The van der Waals surface area contributed by atoms with Gasteiger partial charge in [0.2, 0.25) is 0 Å². The van der Waals surface area contributed by atoms with Crippen LogP contribution in [0.2, 0.25) is 0 Å². The number of aromatic nitrogens is 2. The second-order valence-corrected chi connectivity index (χ2v) is 4.78. The number of imidazole rings is 1. The molecule has 4 heteroatoms. The van der Waals surface area contributed by atoms with Gasteiger partial charge in [-0.1, -0.05) is 0 Å². The van der Waals surface area contributed by atoms with Crippen LogP contribution in [0.25, 0.3) is 11.0 Å². The highest BCUT2D eigenvalue weighted by Crippen LogP contribution is 2.20. The van der Waals surface area contributed by atoms with E-state index in [1.165, 1.54) is 25.9 Å². The van der Waals surface area contributed by atoms with Gasteiger partial charge in [-0.05, 0) is 45.0 Å². The Morgan fingerprint density at radius 3 is 2.94 bits per heavy atom. The Morgan fingerprint density at radius 1 is 1.33 bits per heavy atom. The van der Waals surface area contributed by atoms with E-state index in [1.54, 1.807) is 0 Å². The van der Waals surface area contributed by atoms with E-state index in [0.29, 0.717) is 6.61 Å². The average molecular weight is 245 g/mol. The van der Waals surface area contributed by atoms with Gasteiger partial charge in [-0.25, -0.2) is 4.98 Å². The molecule has 0 spiro atoms. The van der Waals surface area contributed by atoms with Crippen LogP contribution in [0, 0.1) is 0 Å². The smallest absolute Gasteiger partial charge is 0.121 e. The maximum absolute atomic E-state index is 5.50. The second-order valence-electron chi connectivity index (χ2n) is 4.78. The summed E-state index contributed by atoms with van der Waals surface area (Å²) in [5.41, 5.74) is 2.09. The van der Waals surface area contributed by atoms with Gasteiger partial charge in [-0.2, -0.15) is 0 Å². The molecule has 1 aromatic heterocycles. The van der Waals surface area contributed by atoms with Crippen molar-refractivity contribution in [3.63, 3.8) is 0 Å². The molecule has 0 amide bonds. The molecular weight excluding hydrogens is 226 g/mol. The molecule has 2 aromatic rings. The number of likely N-dealkylation sites (tertiary alicyclic amines) is 1. The lowest BCUT2D eigenvalue weighted by atomic mass is 10.3. The van der Waals surface area contributed by atoms with Crippen molar-refractivity contribution in [2.24, 2.45) is 0 Å². The summed E-state index contributed by atoms with van der Waals surface area (Å²) in [6.07, 6.45) is 2.63. The Morgan fingerprint density at radius 2 is 2.17 bits per heavy atom. The number of hydrogen-bond acceptors (Lipinski definition) is 3. The maximum atomic E-state index is 5.50. The lowest BCUT2D eigenvalue weighted by Gasteiger charge is -2.11. The van der Waals surface area contributed by atoms with Crippen LogP contribution in [0.1, 0.15) is 25.6 Å². The summed E-state index contributed by atoms with van der Waals surface area (Å²) >= 11 is 0. The molecule has 0 atom stereocenters. The molecule has 2 heterocycles. The Labute approximate surface area is 107 Å². The first-order chi connectivity index (χ1) is 8.85. The van der Waals surface area contributed by atoms with Crippen LogP contribution < -0.4 is 4.74 Å². The van der Waals surface area contributed by atoms with E-state index in [1.807, 2.05) is 25.1 Å². The predicted octanol–water partition coefficient (Wildman–Crippen LogP) is 2.56. The lowest BCUT2D eigenvalue weighted by Crippen LogP contribution is -2.19. The van der Waals surface area contributed by atoms with E-state index in [-0.39, 0.29) is 0 Å². The molecular formula is C14H19N3O. The number of hydrogen-bond donors (Lipinski definition) is 1. The van der Waals surface area contributed by atoms with Crippen molar-refractivity contribution in [2.45, 2.75) is 26.3 Å². The molecule has 0 unspecified atom stereocenters. The topological polar surface area (TPSA) is 41.1 Å². The molecule has 4 nitrogen and oxygen atoms in total. The minimum atomic E-state index is 0.695. The van der Waals surface area contributed by atoms with E-state index >= 15 is 0 Å². The van der Waals surface area contributed by atoms with Crippen molar-refractivity contribution < 1.29 is 4.74 Å². The largest absolute Gasteiger partial charge is 0.494 e. The summed E-state index contributed by atoms with van der Waals surface area (Å²) in [6.45, 7) is 6.01. The Bertz CT molecular complexity index is 529. The van der Waals surface area contributed by atoms with E-state index in [9.17, 15) is 0 Å². The Balaban J connectivity index is 1.81. The van der Waals surface area contributed by atoms with Gasteiger partial charge in [0.05, 0.1) is 24.2 Å². The van der Waals surface area contributed by atoms with Crippen molar-refractivity contribution in [3.05, 3.63) is 24.0 Å². The van der Waals surface area contributed by atoms with Crippen molar-refractivity contribution in [1.29, 1.82) is 0 Å². The van der Waals surface area contributed by atoms with Gasteiger partial charge >= 0.3 is 0 Å². The zero-order valence-corrected chi connectivity index (χ0v) is 10.8. The minimum absolute atomic E-state index is 0.695. The standard InChI is InChI=1S/C14H19N3O/c1-2-18-11-5-6-12-13(9-11)16-14(15-12)10-17-7-3-4-8-17/h5-6,9H,2-4,7-8,10H2,1H3,(H,15,16). The number of ether oxygens (including phenoxy) is 1. The van der Waals surface area contributed by atoms with Crippen LogP contribution in [0.3, 0.4) is 0 Å². The summed E-state index contributed by atoms with van der Waals surface area (Å²) in [5, 5.41) is 0. The lowest BCUT2D eigenvalue weighted by molar-refractivity contribution is 0.324. The SMILES string of the molecule is CCOc1ccc2nc(CN3CCCC3)[nH]c2c1. The first kappa shape index (κ1) is 11.5. The van der Waals surface area contributed by atoms with Gasteiger partial charge in [0.25, 0.3) is 0 Å². The molecule has 96 valence electrons. The highest BCUT2D eigenvalue weighted by Gasteiger charge is 2.13. The summed E-state index contributed by atoms with van der Waals surface area (Å²) in [4.78, 5) is 10.5. The molecule has 1 N–H and O–H groups in total. The van der Waals surface area contributed by atoms with Crippen molar-refractivity contribution in [3.8, 4) is 5.75 Å². The van der Waals surface area contributed by atoms with Gasteiger partial charge in [-0.3, -0.25) is 4.90 Å². The fourth-order valence-corrected chi connectivity index (χ4v) is 2.53.